The van der Waals surface area contributed by atoms with E-state index in [4.69, 9.17) is 0 Å². The number of hydrogen-bond donors (Lipinski definition) is 1. The van der Waals surface area contributed by atoms with E-state index in [2.05, 4.69) is 59.9 Å². The molecule has 0 spiro atoms. The van der Waals surface area contributed by atoms with E-state index in [1.807, 2.05) is 29.1 Å². The van der Waals surface area contributed by atoms with E-state index in [9.17, 15) is 0 Å². The van der Waals surface area contributed by atoms with Crippen LogP contribution in [-0.4, -0.2) is 9.78 Å². The van der Waals surface area contributed by atoms with Gasteiger partial charge in [0, 0.05) is 23.8 Å². The Balaban J connectivity index is 1.51. The average Bonchev–Trinajstić information content (AvgIpc) is 3.11. The molecule has 1 heterocycles. The van der Waals surface area contributed by atoms with Crippen molar-refractivity contribution in [1.82, 2.24) is 15.1 Å². The molecule has 0 aliphatic heterocycles. The molecule has 3 aromatic rings. The molecule has 0 saturated heterocycles. The van der Waals surface area contributed by atoms with Gasteiger partial charge in [0.05, 0.1) is 11.9 Å². The second-order valence-corrected chi connectivity index (χ2v) is 6.83. The summed E-state index contributed by atoms with van der Waals surface area (Å²) in [5.74, 6) is 0. The summed E-state index contributed by atoms with van der Waals surface area (Å²) in [6.07, 6.45) is 7.68. The van der Waals surface area contributed by atoms with Crippen molar-refractivity contribution in [3.8, 4) is 5.69 Å². The number of nitrogens with zero attached hydrogens (tertiary/aromatic N) is 2. The fourth-order valence-electron chi connectivity index (χ4n) is 3.70. The van der Waals surface area contributed by atoms with Gasteiger partial charge in [-0.15, -0.1) is 0 Å². The van der Waals surface area contributed by atoms with Gasteiger partial charge in [0.2, 0.25) is 0 Å². The summed E-state index contributed by atoms with van der Waals surface area (Å²) in [6, 6.07) is 19.1. The minimum atomic E-state index is 0.0453. The van der Waals surface area contributed by atoms with Crippen LogP contribution in [0.4, 0.5) is 0 Å². The molecule has 0 saturated carbocycles. The number of hydrogen-bond acceptors (Lipinski definition) is 2. The highest BCUT2D eigenvalue weighted by Crippen LogP contribution is 2.35. The first-order valence-electron chi connectivity index (χ1n) is 8.67. The van der Waals surface area contributed by atoms with Crippen molar-refractivity contribution < 1.29 is 0 Å². The Labute approximate surface area is 143 Å². The maximum Gasteiger partial charge on any atom is 0.0645 e. The van der Waals surface area contributed by atoms with Crippen molar-refractivity contribution in [2.45, 2.75) is 38.3 Å². The topological polar surface area (TPSA) is 29.9 Å². The summed E-state index contributed by atoms with van der Waals surface area (Å²) in [5, 5.41) is 8.28. The molecule has 1 aromatic heterocycles. The zero-order chi connectivity index (χ0) is 16.4. The monoisotopic (exact) mass is 317 g/mol. The van der Waals surface area contributed by atoms with Crippen LogP contribution in [0.5, 0.6) is 0 Å². The Bertz CT molecular complexity index is 822. The Kier molecular flexibility index (Phi) is 3.95. The Morgan fingerprint density at radius 3 is 2.75 bits per heavy atom. The largest absolute Gasteiger partial charge is 0.303 e. The summed E-state index contributed by atoms with van der Waals surface area (Å²) in [6.45, 7) is 3.16. The van der Waals surface area contributed by atoms with Crippen molar-refractivity contribution in [1.29, 1.82) is 0 Å². The van der Waals surface area contributed by atoms with Gasteiger partial charge in [0.15, 0.2) is 0 Å². The smallest absolute Gasteiger partial charge is 0.0645 e. The van der Waals surface area contributed by atoms with Crippen LogP contribution in [-0.2, 0) is 18.5 Å². The van der Waals surface area contributed by atoms with Gasteiger partial charge in [-0.05, 0) is 49.4 Å². The third-order valence-electron chi connectivity index (χ3n) is 5.07. The minimum Gasteiger partial charge on any atom is -0.303 e. The number of benzene rings is 2. The first-order chi connectivity index (χ1) is 11.7. The highest BCUT2D eigenvalue weighted by atomic mass is 15.3. The Morgan fingerprint density at radius 1 is 1.08 bits per heavy atom. The van der Waals surface area contributed by atoms with Crippen LogP contribution in [0.15, 0.2) is 67.0 Å². The van der Waals surface area contributed by atoms with Gasteiger partial charge in [0.25, 0.3) is 0 Å². The van der Waals surface area contributed by atoms with Crippen molar-refractivity contribution in [2.75, 3.05) is 0 Å². The molecule has 1 atom stereocenters. The molecule has 0 amide bonds. The number of rotatable bonds is 4. The third-order valence-corrected chi connectivity index (χ3v) is 5.07. The number of fused-ring (bicyclic) bond motifs is 1. The second-order valence-electron chi connectivity index (χ2n) is 6.83. The molecule has 0 radical (unpaired) electrons. The predicted octanol–water partition coefficient (Wildman–Crippen LogP) is 4.21. The number of nitrogens with one attached hydrogen (secondary N) is 1. The van der Waals surface area contributed by atoms with Gasteiger partial charge < -0.3 is 5.32 Å². The summed E-state index contributed by atoms with van der Waals surface area (Å²) in [7, 11) is 0. The highest BCUT2D eigenvalue weighted by molar-refractivity contribution is 5.36. The maximum atomic E-state index is 4.49. The average molecular weight is 317 g/mol. The van der Waals surface area contributed by atoms with E-state index in [0.717, 1.165) is 12.2 Å². The van der Waals surface area contributed by atoms with Gasteiger partial charge in [-0.1, -0.05) is 42.5 Å². The fraction of sp³-hybridized carbons (Fsp3) is 0.286. The molecule has 0 unspecified atom stereocenters. The molecular formula is C21H23N3. The Hall–Kier alpha value is -2.39. The number of para-hydroxylation sites is 1. The number of aromatic nitrogens is 2. The molecule has 1 aliphatic carbocycles. The van der Waals surface area contributed by atoms with Crippen LogP contribution >= 0.6 is 0 Å². The van der Waals surface area contributed by atoms with Crippen molar-refractivity contribution in [2.24, 2.45) is 0 Å². The molecule has 2 aromatic carbocycles. The molecule has 0 fully saturated rings. The normalized spacial score (nSPS) is 19.9. The van der Waals surface area contributed by atoms with Gasteiger partial charge in [0.1, 0.15) is 0 Å². The SMILES string of the molecule is C[C@@]1(NCc2cnn(-c3ccccc3)c2)CCCc2ccccc21. The fourth-order valence-corrected chi connectivity index (χ4v) is 3.70. The lowest BCUT2D eigenvalue weighted by molar-refractivity contribution is 0.311. The van der Waals surface area contributed by atoms with E-state index >= 15 is 0 Å². The zero-order valence-electron chi connectivity index (χ0n) is 14.1. The van der Waals surface area contributed by atoms with Crippen molar-refractivity contribution >= 4 is 0 Å². The standard InChI is InChI=1S/C21H23N3/c1-21(13-7-9-18-8-5-6-12-20(18)21)22-14-17-15-23-24(16-17)19-10-3-2-4-11-19/h2-6,8,10-12,15-16,22H,7,9,13-14H2,1H3/t21-/m1/s1. The Morgan fingerprint density at radius 2 is 1.88 bits per heavy atom. The van der Waals surface area contributed by atoms with Gasteiger partial charge in [-0.3, -0.25) is 0 Å². The van der Waals surface area contributed by atoms with Crippen molar-refractivity contribution in [3.05, 3.63) is 83.7 Å². The van der Waals surface area contributed by atoms with Crippen LogP contribution in [0, 0.1) is 0 Å². The molecule has 0 bridgehead atoms. The lowest BCUT2D eigenvalue weighted by Gasteiger charge is -2.37. The third kappa shape index (κ3) is 2.87. The van der Waals surface area contributed by atoms with Crippen LogP contribution < -0.4 is 5.32 Å². The van der Waals surface area contributed by atoms with E-state index in [-0.39, 0.29) is 5.54 Å². The molecule has 122 valence electrons. The molecule has 4 rings (SSSR count). The van der Waals surface area contributed by atoms with E-state index < -0.39 is 0 Å². The lowest BCUT2D eigenvalue weighted by Crippen LogP contribution is -2.41. The highest BCUT2D eigenvalue weighted by Gasteiger charge is 2.31. The van der Waals surface area contributed by atoms with Crippen LogP contribution in [0.2, 0.25) is 0 Å². The van der Waals surface area contributed by atoms with Gasteiger partial charge in [-0.2, -0.15) is 5.10 Å². The first-order valence-corrected chi connectivity index (χ1v) is 8.67. The molecular weight excluding hydrogens is 294 g/mol. The van der Waals surface area contributed by atoms with Gasteiger partial charge in [-0.25, -0.2) is 4.68 Å². The minimum absolute atomic E-state index is 0.0453. The summed E-state index contributed by atoms with van der Waals surface area (Å²) < 4.78 is 1.94. The van der Waals surface area contributed by atoms with Crippen LogP contribution in [0.25, 0.3) is 5.69 Å². The molecule has 1 N–H and O–H groups in total. The van der Waals surface area contributed by atoms with E-state index in [1.165, 1.54) is 36.0 Å². The molecule has 1 aliphatic rings. The second kappa shape index (κ2) is 6.25. The maximum absolute atomic E-state index is 4.49. The quantitative estimate of drug-likeness (QED) is 0.781. The molecule has 24 heavy (non-hydrogen) atoms. The first kappa shape index (κ1) is 15.2. The zero-order valence-corrected chi connectivity index (χ0v) is 14.1. The van der Waals surface area contributed by atoms with E-state index in [0.29, 0.717) is 0 Å². The van der Waals surface area contributed by atoms with Crippen LogP contribution in [0.1, 0.15) is 36.5 Å². The molecule has 3 heteroatoms. The summed E-state index contributed by atoms with van der Waals surface area (Å²) in [5.41, 5.74) is 5.29. The van der Waals surface area contributed by atoms with E-state index in [1.54, 1.807) is 0 Å². The predicted molar refractivity (Wildman–Crippen MR) is 97.1 cm³/mol. The number of aryl methyl sites for hydroxylation is 1. The van der Waals surface area contributed by atoms with Crippen LogP contribution in [0.3, 0.4) is 0 Å². The summed E-state index contributed by atoms with van der Waals surface area (Å²) in [4.78, 5) is 0. The molecule has 3 nitrogen and oxygen atoms in total. The summed E-state index contributed by atoms with van der Waals surface area (Å²) >= 11 is 0. The van der Waals surface area contributed by atoms with Crippen molar-refractivity contribution in [3.63, 3.8) is 0 Å². The van der Waals surface area contributed by atoms with Gasteiger partial charge >= 0.3 is 0 Å². The lowest BCUT2D eigenvalue weighted by atomic mass is 9.78.